The highest BCUT2D eigenvalue weighted by Gasteiger charge is 2.21. The summed E-state index contributed by atoms with van der Waals surface area (Å²) in [7, 11) is 0. The highest BCUT2D eigenvalue weighted by atomic mass is 16.2. The van der Waals surface area contributed by atoms with E-state index < -0.39 is 0 Å². The minimum absolute atomic E-state index is 0.0558. The second-order valence-electron chi connectivity index (χ2n) is 5.49. The average Bonchev–Trinajstić information content (AvgIpc) is 2.98. The Bertz CT molecular complexity index is 656. The number of nitrogens with one attached hydrogen (secondary N) is 3. The second kappa shape index (κ2) is 6.43. The Labute approximate surface area is 128 Å². The van der Waals surface area contributed by atoms with Crippen LogP contribution in [0.1, 0.15) is 19.3 Å². The third-order valence-electron chi connectivity index (χ3n) is 3.82. The van der Waals surface area contributed by atoms with E-state index in [0.717, 1.165) is 17.7 Å². The lowest BCUT2D eigenvalue weighted by atomic mass is 9.95. The average molecular weight is 298 g/mol. The second-order valence-corrected chi connectivity index (χ2v) is 5.49. The zero-order valence-electron chi connectivity index (χ0n) is 12.1. The summed E-state index contributed by atoms with van der Waals surface area (Å²) in [5, 5.41) is 12.6. The van der Waals surface area contributed by atoms with E-state index in [9.17, 15) is 9.59 Å². The number of hydrogen-bond acceptors (Lipinski definition) is 3. The molecular weight excluding hydrogens is 280 g/mol. The summed E-state index contributed by atoms with van der Waals surface area (Å²) in [5.41, 5.74) is 2.45. The molecule has 0 bridgehead atoms. The van der Waals surface area contributed by atoms with Crippen LogP contribution < -0.4 is 10.6 Å². The molecule has 0 saturated carbocycles. The van der Waals surface area contributed by atoms with Crippen molar-refractivity contribution in [2.45, 2.75) is 19.3 Å². The summed E-state index contributed by atoms with van der Waals surface area (Å²) in [6, 6.07) is 9.73. The molecule has 1 aliphatic heterocycles. The predicted molar refractivity (Wildman–Crippen MR) is 83.0 cm³/mol. The van der Waals surface area contributed by atoms with Crippen molar-refractivity contribution in [3.63, 3.8) is 0 Å². The van der Waals surface area contributed by atoms with Crippen molar-refractivity contribution in [1.82, 2.24) is 15.5 Å². The Hall–Kier alpha value is -2.63. The van der Waals surface area contributed by atoms with Crippen molar-refractivity contribution in [2.75, 3.05) is 11.9 Å². The monoisotopic (exact) mass is 298 g/mol. The van der Waals surface area contributed by atoms with Crippen LogP contribution in [0.15, 0.2) is 36.5 Å². The molecule has 1 unspecified atom stereocenters. The Morgan fingerprint density at radius 1 is 1.32 bits per heavy atom. The minimum Gasteiger partial charge on any atom is -0.356 e. The number of H-pyrrole nitrogens is 1. The van der Waals surface area contributed by atoms with E-state index in [4.69, 9.17) is 0 Å². The lowest BCUT2D eigenvalue weighted by molar-refractivity contribution is -0.124. The maximum Gasteiger partial charge on any atom is 0.224 e. The van der Waals surface area contributed by atoms with E-state index in [0.29, 0.717) is 25.1 Å². The van der Waals surface area contributed by atoms with Gasteiger partial charge in [-0.15, -0.1) is 0 Å². The number of amides is 2. The third-order valence-corrected chi connectivity index (χ3v) is 3.82. The van der Waals surface area contributed by atoms with Crippen molar-refractivity contribution >= 4 is 17.5 Å². The fourth-order valence-electron chi connectivity index (χ4n) is 2.63. The van der Waals surface area contributed by atoms with Gasteiger partial charge in [-0.25, -0.2) is 0 Å². The fourth-order valence-corrected chi connectivity index (χ4v) is 2.63. The normalized spacial score (nSPS) is 17.8. The van der Waals surface area contributed by atoms with Gasteiger partial charge in [-0.2, -0.15) is 5.10 Å². The maximum absolute atomic E-state index is 12.2. The Kier molecular flexibility index (Phi) is 4.18. The number of rotatable bonds is 4. The van der Waals surface area contributed by atoms with Crippen molar-refractivity contribution in [3.05, 3.63) is 36.5 Å². The van der Waals surface area contributed by atoms with Gasteiger partial charge in [0.2, 0.25) is 11.8 Å². The van der Waals surface area contributed by atoms with Crippen LogP contribution in [-0.4, -0.2) is 28.6 Å². The van der Waals surface area contributed by atoms with E-state index in [1.165, 1.54) is 0 Å². The standard InChI is InChI=1S/C16H18N4O2/c21-14-7-6-11(9-17-14)8-15(22)19-13-10-18-20-16(13)12-4-2-1-3-5-12/h1-5,10-11H,6-9H2,(H,17,21)(H,18,20)(H,19,22). The van der Waals surface area contributed by atoms with Crippen LogP contribution in [0.2, 0.25) is 0 Å². The Morgan fingerprint density at radius 3 is 2.86 bits per heavy atom. The molecule has 1 aliphatic rings. The molecule has 0 aliphatic carbocycles. The molecule has 1 aromatic heterocycles. The summed E-state index contributed by atoms with van der Waals surface area (Å²) in [6.45, 7) is 0.573. The number of carbonyl (C=O) groups excluding carboxylic acids is 2. The predicted octanol–water partition coefficient (Wildman–Crippen LogP) is 1.93. The summed E-state index contributed by atoms with van der Waals surface area (Å²) in [4.78, 5) is 23.3. The van der Waals surface area contributed by atoms with Gasteiger partial charge in [-0.05, 0) is 12.3 Å². The molecule has 0 spiro atoms. The first-order valence-electron chi connectivity index (χ1n) is 7.37. The molecule has 1 fully saturated rings. The smallest absolute Gasteiger partial charge is 0.224 e. The largest absolute Gasteiger partial charge is 0.356 e. The summed E-state index contributed by atoms with van der Waals surface area (Å²) in [5.74, 6) is 0.211. The van der Waals surface area contributed by atoms with Gasteiger partial charge in [-0.1, -0.05) is 30.3 Å². The Balaban J connectivity index is 1.63. The number of nitrogens with zero attached hydrogens (tertiary/aromatic N) is 1. The van der Waals surface area contributed by atoms with Crippen LogP contribution in [0.25, 0.3) is 11.3 Å². The number of carbonyl (C=O) groups is 2. The molecule has 2 aromatic rings. The molecule has 3 rings (SSSR count). The van der Waals surface area contributed by atoms with Gasteiger partial charge in [0.05, 0.1) is 17.6 Å². The van der Waals surface area contributed by atoms with Gasteiger partial charge in [0.1, 0.15) is 0 Å². The summed E-state index contributed by atoms with van der Waals surface area (Å²) >= 11 is 0. The molecule has 114 valence electrons. The SMILES string of the molecule is O=C1CCC(CC(=O)Nc2cn[nH]c2-c2ccccc2)CN1. The van der Waals surface area contributed by atoms with Gasteiger partial charge in [-0.3, -0.25) is 14.7 Å². The number of piperidine rings is 1. The number of hydrogen-bond donors (Lipinski definition) is 3. The lowest BCUT2D eigenvalue weighted by Gasteiger charge is -2.21. The van der Waals surface area contributed by atoms with Crippen LogP contribution in [0.3, 0.4) is 0 Å². The van der Waals surface area contributed by atoms with Gasteiger partial charge in [0, 0.05) is 24.9 Å². The first-order valence-corrected chi connectivity index (χ1v) is 7.37. The number of benzene rings is 1. The highest BCUT2D eigenvalue weighted by molar-refractivity contribution is 5.94. The van der Waals surface area contributed by atoms with Crippen LogP contribution >= 0.6 is 0 Å². The Morgan fingerprint density at radius 2 is 2.14 bits per heavy atom. The number of aromatic amines is 1. The molecule has 2 amide bonds. The molecule has 22 heavy (non-hydrogen) atoms. The molecule has 6 nitrogen and oxygen atoms in total. The molecule has 0 radical (unpaired) electrons. The maximum atomic E-state index is 12.2. The van der Waals surface area contributed by atoms with E-state index in [1.54, 1.807) is 6.20 Å². The molecular formula is C16H18N4O2. The van der Waals surface area contributed by atoms with Gasteiger partial charge in [0.15, 0.2) is 0 Å². The summed E-state index contributed by atoms with van der Waals surface area (Å²) in [6.07, 6.45) is 3.28. The first-order chi connectivity index (χ1) is 10.7. The lowest BCUT2D eigenvalue weighted by Crippen LogP contribution is -2.36. The molecule has 1 atom stereocenters. The van der Waals surface area contributed by atoms with Crippen molar-refractivity contribution in [2.24, 2.45) is 5.92 Å². The van der Waals surface area contributed by atoms with Crippen molar-refractivity contribution < 1.29 is 9.59 Å². The van der Waals surface area contributed by atoms with E-state index in [1.807, 2.05) is 30.3 Å². The van der Waals surface area contributed by atoms with Crippen LogP contribution in [-0.2, 0) is 9.59 Å². The molecule has 1 saturated heterocycles. The van der Waals surface area contributed by atoms with E-state index in [2.05, 4.69) is 20.8 Å². The zero-order valence-corrected chi connectivity index (χ0v) is 12.1. The molecule has 6 heteroatoms. The quantitative estimate of drug-likeness (QED) is 0.806. The topological polar surface area (TPSA) is 86.9 Å². The highest BCUT2D eigenvalue weighted by Crippen LogP contribution is 2.25. The molecule has 3 N–H and O–H groups in total. The van der Waals surface area contributed by atoms with Crippen molar-refractivity contribution in [3.8, 4) is 11.3 Å². The van der Waals surface area contributed by atoms with Gasteiger partial charge in [0.25, 0.3) is 0 Å². The van der Waals surface area contributed by atoms with Gasteiger partial charge < -0.3 is 10.6 Å². The van der Waals surface area contributed by atoms with E-state index in [-0.39, 0.29) is 17.7 Å². The van der Waals surface area contributed by atoms with Crippen LogP contribution in [0.4, 0.5) is 5.69 Å². The van der Waals surface area contributed by atoms with Crippen LogP contribution in [0.5, 0.6) is 0 Å². The first kappa shape index (κ1) is 14.3. The van der Waals surface area contributed by atoms with Crippen molar-refractivity contribution in [1.29, 1.82) is 0 Å². The number of aromatic nitrogens is 2. The van der Waals surface area contributed by atoms with E-state index >= 15 is 0 Å². The fraction of sp³-hybridized carbons (Fsp3) is 0.312. The van der Waals surface area contributed by atoms with Gasteiger partial charge >= 0.3 is 0 Å². The summed E-state index contributed by atoms with van der Waals surface area (Å²) < 4.78 is 0. The molecule has 2 heterocycles. The van der Waals surface area contributed by atoms with Crippen LogP contribution in [0, 0.1) is 5.92 Å². The zero-order chi connectivity index (χ0) is 15.4. The molecule has 1 aromatic carbocycles. The number of anilines is 1. The minimum atomic E-state index is -0.0558. The third kappa shape index (κ3) is 3.33.